The Balaban J connectivity index is 2.14. The van der Waals surface area contributed by atoms with Gasteiger partial charge in [-0.1, -0.05) is 17.7 Å². The van der Waals surface area contributed by atoms with Crippen LogP contribution in [0.15, 0.2) is 18.2 Å². The lowest BCUT2D eigenvalue weighted by Gasteiger charge is -2.17. The van der Waals surface area contributed by atoms with Gasteiger partial charge in [-0.05, 0) is 44.6 Å². The predicted octanol–water partition coefficient (Wildman–Crippen LogP) is 2.16. The number of carbonyl (C=O) groups is 1. The summed E-state index contributed by atoms with van der Waals surface area (Å²) in [6, 6.07) is 5.78. The standard InChI is InChI=1S/C13H18ClN3O/c1-9-3-4-10(14)7-12(9)17-8-11(5-6-15-2)16-13(17)18/h3-4,7,11,15H,5-6,8H2,1-2H3,(H,16,18). The van der Waals surface area contributed by atoms with Crippen molar-refractivity contribution in [1.82, 2.24) is 10.6 Å². The summed E-state index contributed by atoms with van der Waals surface area (Å²) in [5.41, 5.74) is 1.95. The number of hydrogen-bond donors (Lipinski definition) is 2. The van der Waals surface area contributed by atoms with Crippen molar-refractivity contribution in [3.63, 3.8) is 0 Å². The number of halogens is 1. The number of anilines is 1. The first kappa shape index (κ1) is 13.2. The third-order valence-electron chi connectivity index (χ3n) is 3.18. The number of nitrogens with zero attached hydrogens (tertiary/aromatic N) is 1. The smallest absolute Gasteiger partial charge is 0.322 e. The molecule has 1 saturated heterocycles. The zero-order valence-corrected chi connectivity index (χ0v) is 11.4. The Morgan fingerprint density at radius 1 is 1.56 bits per heavy atom. The average molecular weight is 268 g/mol. The zero-order chi connectivity index (χ0) is 13.1. The van der Waals surface area contributed by atoms with E-state index in [-0.39, 0.29) is 12.1 Å². The van der Waals surface area contributed by atoms with Crippen LogP contribution >= 0.6 is 11.6 Å². The molecule has 1 atom stereocenters. The first-order valence-electron chi connectivity index (χ1n) is 6.10. The summed E-state index contributed by atoms with van der Waals surface area (Å²) >= 11 is 5.99. The Labute approximate surface area is 112 Å². The zero-order valence-electron chi connectivity index (χ0n) is 10.7. The lowest BCUT2D eigenvalue weighted by molar-refractivity contribution is 0.250. The van der Waals surface area contributed by atoms with Crippen molar-refractivity contribution in [2.45, 2.75) is 19.4 Å². The molecule has 0 saturated carbocycles. The van der Waals surface area contributed by atoms with E-state index in [0.29, 0.717) is 11.6 Å². The number of nitrogens with one attached hydrogen (secondary N) is 2. The SMILES string of the molecule is CNCCC1CN(c2cc(Cl)ccc2C)C(=O)N1. The minimum atomic E-state index is -0.0403. The molecule has 0 aromatic heterocycles. The van der Waals surface area contributed by atoms with Gasteiger partial charge in [0.25, 0.3) is 0 Å². The van der Waals surface area contributed by atoms with Crippen molar-refractivity contribution in [2.75, 3.05) is 25.0 Å². The lowest BCUT2D eigenvalue weighted by atomic mass is 10.1. The highest BCUT2D eigenvalue weighted by Gasteiger charge is 2.30. The van der Waals surface area contributed by atoms with E-state index in [1.165, 1.54) is 0 Å². The molecule has 2 amide bonds. The van der Waals surface area contributed by atoms with E-state index in [0.717, 1.165) is 24.2 Å². The van der Waals surface area contributed by atoms with E-state index >= 15 is 0 Å². The van der Waals surface area contributed by atoms with Crippen LogP contribution in [0.4, 0.5) is 10.5 Å². The minimum Gasteiger partial charge on any atom is -0.333 e. The van der Waals surface area contributed by atoms with Crippen molar-refractivity contribution in [3.8, 4) is 0 Å². The summed E-state index contributed by atoms with van der Waals surface area (Å²) in [4.78, 5) is 13.7. The monoisotopic (exact) mass is 267 g/mol. The summed E-state index contributed by atoms with van der Waals surface area (Å²) in [6.45, 7) is 3.58. The Bertz CT molecular complexity index is 450. The average Bonchev–Trinajstić information content (AvgIpc) is 2.71. The van der Waals surface area contributed by atoms with Crippen LogP contribution in [0.5, 0.6) is 0 Å². The van der Waals surface area contributed by atoms with Gasteiger partial charge in [-0.2, -0.15) is 0 Å². The number of urea groups is 1. The van der Waals surface area contributed by atoms with Crippen molar-refractivity contribution in [1.29, 1.82) is 0 Å². The van der Waals surface area contributed by atoms with Gasteiger partial charge >= 0.3 is 6.03 Å². The fourth-order valence-corrected chi connectivity index (χ4v) is 2.33. The maximum atomic E-state index is 12.0. The van der Waals surface area contributed by atoms with Crippen LogP contribution in [0.3, 0.4) is 0 Å². The van der Waals surface area contributed by atoms with Crippen LogP contribution < -0.4 is 15.5 Å². The molecule has 1 aromatic carbocycles. The van der Waals surface area contributed by atoms with E-state index in [1.807, 2.05) is 32.2 Å². The van der Waals surface area contributed by atoms with E-state index in [4.69, 9.17) is 11.6 Å². The predicted molar refractivity (Wildman–Crippen MR) is 74.4 cm³/mol. The van der Waals surface area contributed by atoms with E-state index in [2.05, 4.69) is 10.6 Å². The Kier molecular flexibility index (Phi) is 4.09. The highest BCUT2D eigenvalue weighted by atomic mass is 35.5. The van der Waals surface area contributed by atoms with Gasteiger partial charge in [0.05, 0.1) is 0 Å². The summed E-state index contributed by atoms with van der Waals surface area (Å²) in [6.07, 6.45) is 0.929. The molecule has 1 unspecified atom stereocenters. The fraction of sp³-hybridized carbons (Fsp3) is 0.462. The van der Waals surface area contributed by atoms with Crippen LogP contribution in [-0.2, 0) is 0 Å². The Hall–Kier alpha value is -1.26. The molecule has 0 aliphatic carbocycles. The number of rotatable bonds is 4. The second-order valence-corrected chi connectivity index (χ2v) is 5.02. The van der Waals surface area contributed by atoms with Gasteiger partial charge in [-0.15, -0.1) is 0 Å². The third kappa shape index (κ3) is 2.76. The van der Waals surface area contributed by atoms with E-state index in [1.54, 1.807) is 4.90 Å². The van der Waals surface area contributed by atoms with Gasteiger partial charge in [0.1, 0.15) is 0 Å². The Morgan fingerprint density at radius 2 is 2.33 bits per heavy atom. The van der Waals surface area contributed by atoms with Crippen LogP contribution in [0, 0.1) is 6.92 Å². The maximum Gasteiger partial charge on any atom is 0.322 e. The van der Waals surface area contributed by atoms with Gasteiger partial charge in [0.15, 0.2) is 0 Å². The first-order chi connectivity index (χ1) is 8.61. The van der Waals surface area contributed by atoms with Gasteiger partial charge in [0.2, 0.25) is 0 Å². The summed E-state index contributed by atoms with van der Waals surface area (Å²) in [7, 11) is 1.91. The Morgan fingerprint density at radius 3 is 3.06 bits per heavy atom. The highest BCUT2D eigenvalue weighted by molar-refractivity contribution is 6.31. The van der Waals surface area contributed by atoms with Crippen LogP contribution in [0.25, 0.3) is 0 Å². The number of benzene rings is 1. The second kappa shape index (κ2) is 5.59. The molecule has 0 bridgehead atoms. The molecule has 4 nitrogen and oxygen atoms in total. The number of carbonyl (C=O) groups excluding carboxylic acids is 1. The van der Waals surface area contributed by atoms with E-state index < -0.39 is 0 Å². The van der Waals surface area contributed by atoms with Gasteiger partial charge < -0.3 is 10.6 Å². The topological polar surface area (TPSA) is 44.4 Å². The molecule has 1 heterocycles. The third-order valence-corrected chi connectivity index (χ3v) is 3.42. The van der Waals surface area contributed by atoms with Crippen LogP contribution in [0.2, 0.25) is 5.02 Å². The molecule has 1 fully saturated rings. The van der Waals surface area contributed by atoms with Gasteiger partial charge in [-0.3, -0.25) is 4.90 Å². The van der Waals surface area contributed by atoms with Gasteiger partial charge in [0, 0.05) is 23.3 Å². The molecule has 98 valence electrons. The van der Waals surface area contributed by atoms with Crippen molar-refractivity contribution in [3.05, 3.63) is 28.8 Å². The molecule has 0 spiro atoms. The molecule has 18 heavy (non-hydrogen) atoms. The largest absolute Gasteiger partial charge is 0.333 e. The number of hydrogen-bond acceptors (Lipinski definition) is 2. The summed E-state index contributed by atoms with van der Waals surface area (Å²) < 4.78 is 0. The van der Waals surface area contributed by atoms with Crippen molar-refractivity contribution >= 4 is 23.3 Å². The quantitative estimate of drug-likeness (QED) is 0.878. The molecule has 1 aromatic rings. The second-order valence-electron chi connectivity index (χ2n) is 4.58. The maximum absolute atomic E-state index is 12.0. The van der Waals surface area contributed by atoms with Gasteiger partial charge in [-0.25, -0.2) is 4.79 Å². The molecular formula is C13H18ClN3O. The highest BCUT2D eigenvalue weighted by Crippen LogP contribution is 2.26. The first-order valence-corrected chi connectivity index (χ1v) is 6.48. The molecule has 0 radical (unpaired) electrons. The molecule has 1 aliphatic rings. The number of aryl methyl sites for hydroxylation is 1. The molecule has 5 heteroatoms. The van der Waals surface area contributed by atoms with E-state index in [9.17, 15) is 4.79 Å². The fourth-order valence-electron chi connectivity index (χ4n) is 2.16. The lowest BCUT2D eigenvalue weighted by Crippen LogP contribution is -2.30. The van der Waals surface area contributed by atoms with Crippen molar-refractivity contribution < 1.29 is 4.79 Å². The molecular weight excluding hydrogens is 250 g/mol. The van der Waals surface area contributed by atoms with Crippen molar-refractivity contribution in [2.24, 2.45) is 0 Å². The molecule has 1 aliphatic heterocycles. The summed E-state index contributed by atoms with van der Waals surface area (Å²) in [5, 5.41) is 6.74. The summed E-state index contributed by atoms with van der Waals surface area (Å²) in [5.74, 6) is 0. The normalized spacial score (nSPS) is 19.2. The molecule has 2 N–H and O–H groups in total. The van der Waals surface area contributed by atoms with Crippen LogP contribution in [0.1, 0.15) is 12.0 Å². The van der Waals surface area contributed by atoms with Crippen LogP contribution in [-0.4, -0.2) is 32.2 Å². The molecule has 2 rings (SSSR count). The number of amides is 2. The minimum absolute atomic E-state index is 0.0403.